The Kier molecular flexibility index (Phi) is 3.69. The minimum absolute atomic E-state index is 0.109. The van der Waals surface area contributed by atoms with E-state index in [1.54, 1.807) is 12.1 Å². The normalized spacial score (nSPS) is 15.7. The number of methoxy groups -OCH3 is 1. The summed E-state index contributed by atoms with van der Waals surface area (Å²) in [5.74, 6) is 0.306. The summed E-state index contributed by atoms with van der Waals surface area (Å²) in [6, 6.07) is 8.47. The Morgan fingerprint density at radius 3 is 2.81 bits per heavy atom. The van der Waals surface area contributed by atoms with Crippen LogP contribution in [0.2, 0.25) is 5.02 Å². The Bertz CT molecular complexity index is 770. The zero-order valence-electron chi connectivity index (χ0n) is 11.5. The zero-order valence-corrected chi connectivity index (χ0v) is 13.1. The summed E-state index contributed by atoms with van der Waals surface area (Å²) >= 11 is 5.94. The fraction of sp³-hybridized carbons (Fsp3) is 0.286. The van der Waals surface area contributed by atoms with Crippen molar-refractivity contribution in [3.63, 3.8) is 0 Å². The van der Waals surface area contributed by atoms with Crippen molar-refractivity contribution in [1.29, 1.82) is 0 Å². The first kappa shape index (κ1) is 14.4. The predicted molar refractivity (Wildman–Crippen MR) is 80.0 cm³/mol. The van der Waals surface area contributed by atoms with E-state index in [0.29, 0.717) is 30.4 Å². The summed E-state index contributed by atoms with van der Waals surface area (Å²) in [6.45, 7) is 1.43. The van der Waals surface area contributed by atoms with E-state index in [4.69, 9.17) is 16.3 Å². The van der Waals surface area contributed by atoms with Crippen molar-refractivity contribution in [1.82, 2.24) is 8.87 Å². The van der Waals surface area contributed by atoms with Gasteiger partial charge in [0, 0.05) is 30.0 Å². The van der Waals surface area contributed by atoms with Crippen molar-refractivity contribution in [2.24, 2.45) is 0 Å². The number of rotatable bonds is 3. The Morgan fingerprint density at radius 2 is 2.05 bits per heavy atom. The van der Waals surface area contributed by atoms with E-state index < -0.39 is 10.0 Å². The van der Waals surface area contributed by atoms with Crippen molar-refractivity contribution in [2.75, 3.05) is 13.7 Å². The largest absolute Gasteiger partial charge is 0.495 e. The molecule has 1 aromatic carbocycles. The molecular weight excluding hydrogens is 312 g/mol. The highest BCUT2D eigenvalue weighted by molar-refractivity contribution is 7.89. The van der Waals surface area contributed by atoms with E-state index in [9.17, 15) is 8.42 Å². The lowest BCUT2D eigenvalue weighted by Crippen LogP contribution is -2.38. The van der Waals surface area contributed by atoms with Crippen LogP contribution in [-0.2, 0) is 23.1 Å². The van der Waals surface area contributed by atoms with Crippen LogP contribution >= 0.6 is 11.6 Å². The third-order valence-electron chi connectivity index (χ3n) is 3.60. The number of hydrogen-bond donors (Lipinski definition) is 0. The number of hydrogen-bond acceptors (Lipinski definition) is 3. The van der Waals surface area contributed by atoms with Crippen LogP contribution in [0.25, 0.3) is 0 Å². The van der Waals surface area contributed by atoms with Gasteiger partial charge in [-0.25, -0.2) is 8.42 Å². The van der Waals surface area contributed by atoms with E-state index in [0.717, 1.165) is 5.69 Å². The molecule has 2 heterocycles. The van der Waals surface area contributed by atoms with Gasteiger partial charge < -0.3 is 9.30 Å². The molecule has 5 nitrogen and oxygen atoms in total. The van der Waals surface area contributed by atoms with Gasteiger partial charge in [-0.05, 0) is 30.3 Å². The average molecular weight is 327 g/mol. The second kappa shape index (κ2) is 5.36. The number of nitrogens with zero attached hydrogens (tertiary/aromatic N) is 2. The zero-order chi connectivity index (χ0) is 15.0. The number of ether oxygens (including phenoxy) is 1. The highest BCUT2D eigenvalue weighted by atomic mass is 35.5. The highest BCUT2D eigenvalue weighted by Crippen LogP contribution is 2.31. The topological polar surface area (TPSA) is 51.5 Å². The molecule has 0 aliphatic carbocycles. The van der Waals surface area contributed by atoms with Gasteiger partial charge in [-0.1, -0.05) is 11.6 Å². The molecule has 0 saturated carbocycles. The molecule has 2 aromatic rings. The maximum Gasteiger partial charge on any atom is 0.247 e. The molecule has 0 spiro atoms. The fourth-order valence-corrected chi connectivity index (χ4v) is 4.31. The maximum absolute atomic E-state index is 12.8. The van der Waals surface area contributed by atoms with Crippen LogP contribution in [0.5, 0.6) is 5.75 Å². The molecular formula is C14H15ClN2O3S. The van der Waals surface area contributed by atoms with Crippen LogP contribution in [0.1, 0.15) is 5.69 Å². The van der Waals surface area contributed by atoms with Gasteiger partial charge in [-0.15, -0.1) is 0 Å². The van der Waals surface area contributed by atoms with Gasteiger partial charge in [-0.3, -0.25) is 0 Å². The van der Waals surface area contributed by atoms with E-state index >= 15 is 0 Å². The molecule has 0 bridgehead atoms. The van der Waals surface area contributed by atoms with Crippen LogP contribution in [0.4, 0.5) is 0 Å². The average Bonchev–Trinajstić information content (AvgIpc) is 2.94. The number of benzene rings is 1. The van der Waals surface area contributed by atoms with Crippen molar-refractivity contribution in [3.05, 3.63) is 47.2 Å². The summed E-state index contributed by atoms with van der Waals surface area (Å²) in [6.07, 6.45) is 1.96. The monoisotopic (exact) mass is 326 g/mol. The summed E-state index contributed by atoms with van der Waals surface area (Å²) < 4.78 is 34.3. The van der Waals surface area contributed by atoms with Crippen molar-refractivity contribution in [2.45, 2.75) is 18.0 Å². The Labute approximate surface area is 128 Å². The van der Waals surface area contributed by atoms with Gasteiger partial charge in [0.2, 0.25) is 10.0 Å². The van der Waals surface area contributed by atoms with Gasteiger partial charge in [0.25, 0.3) is 0 Å². The fourth-order valence-electron chi connectivity index (χ4n) is 2.49. The summed E-state index contributed by atoms with van der Waals surface area (Å²) in [5.41, 5.74) is 0.978. The number of sulfonamides is 1. The predicted octanol–water partition coefficient (Wildman–Crippen LogP) is 2.35. The minimum atomic E-state index is -3.64. The van der Waals surface area contributed by atoms with Crippen LogP contribution < -0.4 is 4.74 Å². The van der Waals surface area contributed by atoms with E-state index in [-0.39, 0.29) is 4.90 Å². The van der Waals surface area contributed by atoms with E-state index in [2.05, 4.69) is 4.57 Å². The summed E-state index contributed by atoms with van der Waals surface area (Å²) in [7, 11) is -2.19. The third-order valence-corrected chi connectivity index (χ3v) is 5.70. The molecule has 0 saturated heterocycles. The van der Waals surface area contributed by atoms with Gasteiger partial charge >= 0.3 is 0 Å². The second-order valence-electron chi connectivity index (χ2n) is 4.83. The number of aromatic nitrogens is 1. The standard InChI is InChI=1S/C14H15ClN2O3S/c1-20-13-5-4-11(15)9-14(13)21(18,19)17-8-7-16-6-2-3-12(16)10-17/h2-6,9H,7-8,10H2,1H3. The maximum atomic E-state index is 12.8. The molecule has 0 N–H and O–H groups in total. The van der Waals surface area contributed by atoms with E-state index in [1.165, 1.54) is 17.5 Å². The summed E-state index contributed by atoms with van der Waals surface area (Å²) in [5, 5.41) is 0.370. The third kappa shape index (κ3) is 2.54. The van der Waals surface area contributed by atoms with Crippen molar-refractivity contribution in [3.8, 4) is 5.75 Å². The van der Waals surface area contributed by atoms with Gasteiger partial charge in [0.1, 0.15) is 10.6 Å². The first-order valence-electron chi connectivity index (χ1n) is 6.50. The molecule has 7 heteroatoms. The van der Waals surface area contributed by atoms with Crippen LogP contribution in [0, 0.1) is 0 Å². The lowest BCUT2D eigenvalue weighted by atomic mass is 10.3. The first-order chi connectivity index (χ1) is 10.0. The molecule has 3 rings (SSSR count). The van der Waals surface area contributed by atoms with Crippen LogP contribution in [0.3, 0.4) is 0 Å². The minimum Gasteiger partial charge on any atom is -0.495 e. The molecule has 0 amide bonds. The van der Waals surface area contributed by atoms with Gasteiger partial charge in [0.05, 0.1) is 13.7 Å². The van der Waals surface area contributed by atoms with E-state index in [1.807, 2.05) is 18.3 Å². The molecule has 112 valence electrons. The molecule has 0 fully saturated rings. The van der Waals surface area contributed by atoms with Crippen molar-refractivity contribution >= 4 is 21.6 Å². The Morgan fingerprint density at radius 1 is 1.24 bits per heavy atom. The van der Waals surface area contributed by atoms with Crippen LogP contribution in [0.15, 0.2) is 41.4 Å². The second-order valence-corrected chi connectivity index (χ2v) is 7.17. The van der Waals surface area contributed by atoms with Crippen molar-refractivity contribution < 1.29 is 13.2 Å². The Balaban J connectivity index is 2.00. The SMILES string of the molecule is COc1ccc(Cl)cc1S(=O)(=O)N1CCn2cccc2C1. The molecule has 21 heavy (non-hydrogen) atoms. The Hall–Kier alpha value is -1.50. The smallest absolute Gasteiger partial charge is 0.247 e. The lowest BCUT2D eigenvalue weighted by Gasteiger charge is -2.28. The molecule has 1 aliphatic heterocycles. The number of halogens is 1. The molecule has 0 unspecified atom stereocenters. The molecule has 1 aromatic heterocycles. The summed E-state index contributed by atoms with van der Waals surface area (Å²) in [4.78, 5) is 0.109. The highest BCUT2D eigenvalue weighted by Gasteiger charge is 2.30. The molecule has 0 radical (unpaired) electrons. The lowest BCUT2D eigenvalue weighted by molar-refractivity contribution is 0.338. The van der Waals surface area contributed by atoms with Crippen LogP contribution in [-0.4, -0.2) is 30.9 Å². The quantitative estimate of drug-likeness (QED) is 0.870. The van der Waals surface area contributed by atoms with Gasteiger partial charge in [0.15, 0.2) is 0 Å². The number of fused-ring (bicyclic) bond motifs is 1. The van der Waals surface area contributed by atoms with Gasteiger partial charge in [-0.2, -0.15) is 4.31 Å². The molecule has 1 aliphatic rings. The molecule has 0 atom stereocenters. The first-order valence-corrected chi connectivity index (χ1v) is 8.32.